The molecule has 10 heteroatoms. The van der Waals surface area contributed by atoms with Gasteiger partial charge >= 0.3 is 6.18 Å². The van der Waals surface area contributed by atoms with Crippen LogP contribution in [0.5, 0.6) is 0 Å². The summed E-state index contributed by atoms with van der Waals surface area (Å²) in [5.41, 5.74) is -0.839. The Hall–Kier alpha value is 0.340. The molecule has 0 fully saturated rings. The molecule has 0 aliphatic carbocycles. The lowest BCUT2D eigenvalue weighted by atomic mass is 10.1. The summed E-state index contributed by atoms with van der Waals surface area (Å²) in [6, 6.07) is 0.877. The van der Waals surface area contributed by atoms with E-state index >= 15 is 0 Å². The smallest absolute Gasteiger partial charge is 0.249 e. The molecule has 0 spiro atoms. The maximum atomic E-state index is 12.9. The van der Waals surface area contributed by atoms with Gasteiger partial charge in [-0.05, 0) is 28.7 Å². The van der Waals surface area contributed by atoms with E-state index in [4.69, 9.17) is 58.0 Å². The van der Waals surface area contributed by atoms with Crippen molar-refractivity contribution in [1.82, 2.24) is 4.98 Å². The minimum atomic E-state index is -4.56. The molecule has 0 saturated heterocycles. The molecule has 0 aliphatic heterocycles. The van der Waals surface area contributed by atoms with Crippen LogP contribution in [0.1, 0.15) is 5.56 Å². The third kappa shape index (κ3) is 3.39. The SMILES string of the molecule is FC(F)(F)c1cnc(I)c(-c2c(Cl)c(Cl)c(Cl)c(Cl)c2Cl)c1. The van der Waals surface area contributed by atoms with E-state index in [2.05, 4.69) is 4.98 Å². The minimum Gasteiger partial charge on any atom is -0.249 e. The van der Waals surface area contributed by atoms with E-state index in [1.54, 1.807) is 22.6 Å². The van der Waals surface area contributed by atoms with E-state index in [0.717, 1.165) is 6.07 Å². The Kier molecular flexibility index (Phi) is 5.68. The second-order valence-electron chi connectivity index (χ2n) is 4.01. The molecule has 22 heavy (non-hydrogen) atoms. The van der Waals surface area contributed by atoms with Crippen LogP contribution in [0.15, 0.2) is 12.3 Å². The third-order valence-corrected chi connectivity index (χ3v) is 5.78. The van der Waals surface area contributed by atoms with Crippen molar-refractivity contribution in [3.63, 3.8) is 0 Å². The number of alkyl halides is 3. The first-order valence-corrected chi connectivity index (χ1v) is 8.27. The number of nitrogens with zero attached hydrogens (tertiary/aromatic N) is 1. The van der Waals surface area contributed by atoms with Gasteiger partial charge in [0, 0.05) is 17.3 Å². The first-order chi connectivity index (χ1) is 10.1. The van der Waals surface area contributed by atoms with Crippen molar-refractivity contribution < 1.29 is 13.2 Å². The fraction of sp³-hybridized carbons (Fsp3) is 0.0833. The van der Waals surface area contributed by atoms with Crippen LogP contribution in [0.25, 0.3) is 11.1 Å². The summed E-state index contributed by atoms with van der Waals surface area (Å²) in [6.07, 6.45) is -3.85. The molecule has 0 aliphatic rings. The van der Waals surface area contributed by atoms with Crippen molar-refractivity contribution in [1.29, 1.82) is 0 Å². The van der Waals surface area contributed by atoms with Crippen molar-refractivity contribution >= 4 is 80.6 Å². The zero-order valence-corrected chi connectivity index (χ0v) is 15.9. The molecule has 0 bridgehead atoms. The van der Waals surface area contributed by atoms with Gasteiger partial charge in [0.1, 0.15) is 3.70 Å². The Morgan fingerprint density at radius 2 is 1.32 bits per heavy atom. The number of pyridine rings is 1. The summed E-state index contributed by atoms with van der Waals surface area (Å²) in [7, 11) is 0. The number of hydrogen-bond donors (Lipinski definition) is 0. The molecule has 0 radical (unpaired) electrons. The second kappa shape index (κ2) is 6.69. The summed E-state index contributed by atoms with van der Waals surface area (Å²) < 4.78 is 38.8. The predicted molar refractivity (Wildman–Crippen MR) is 92.4 cm³/mol. The number of halogens is 9. The van der Waals surface area contributed by atoms with Gasteiger partial charge in [-0.1, -0.05) is 58.0 Å². The number of aromatic nitrogens is 1. The van der Waals surface area contributed by atoms with Gasteiger partial charge in [0.2, 0.25) is 0 Å². The lowest BCUT2D eigenvalue weighted by Crippen LogP contribution is -2.07. The molecule has 2 aromatic rings. The fourth-order valence-electron chi connectivity index (χ4n) is 1.62. The molecule has 118 valence electrons. The van der Waals surface area contributed by atoms with Crippen LogP contribution in [0, 0.1) is 3.70 Å². The van der Waals surface area contributed by atoms with Gasteiger partial charge in [0.05, 0.1) is 30.7 Å². The van der Waals surface area contributed by atoms with Crippen LogP contribution >= 0.6 is 80.6 Å². The highest BCUT2D eigenvalue weighted by molar-refractivity contribution is 14.1. The standard InChI is InChI=1S/C12H2Cl5F3IN/c13-6-5(7(14)9(16)10(17)8(6)15)4-1-3(12(18,19)20)2-22-11(4)21/h1-2H. The van der Waals surface area contributed by atoms with Crippen LogP contribution in [0.4, 0.5) is 13.2 Å². The molecular weight excluding hydrogens is 519 g/mol. The molecule has 0 atom stereocenters. The minimum absolute atomic E-state index is 0.0470. The van der Waals surface area contributed by atoms with E-state index in [-0.39, 0.29) is 39.9 Å². The van der Waals surface area contributed by atoms with E-state index in [1.807, 2.05) is 0 Å². The highest BCUT2D eigenvalue weighted by Gasteiger charge is 2.32. The zero-order valence-electron chi connectivity index (χ0n) is 10.0. The summed E-state index contributed by atoms with van der Waals surface area (Å²) >= 11 is 31.7. The molecule has 1 aromatic heterocycles. The molecule has 0 N–H and O–H groups in total. The van der Waals surface area contributed by atoms with Crippen LogP contribution in [-0.2, 0) is 6.18 Å². The fourth-order valence-corrected chi connectivity index (χ4v) is 3.53. The third-order valence-electron chi connectivity index (χ3n) is 2.65. The molecular formula is C12H2Cl5F3IN. The van der Waals surface area contributed by atoms with Crippen molar-refractivity contribution in [2.24, 2.45) is 0 Å². The topological polar surface area (TPSA) is 12.9 Å². The highest BCUT2D eigenvalue weighted by atomic mass is 127. The Labute approximate surface area is 161 Å². The summed E-state index contributed by atoms with van der Waals surface area (Å²) in [6.45, 7) is 0. The Balaban J connectivity index is 2.83. The van der Waals surface area contributed by atoms with E-state index in [1.165, 1.54) is 0 Å². The van der Waals surface area contributed by atoms with Crippen molar-refractivity contribution in [2.45, 2.75) is 6.18 Å². The van der Waals surface area contributed by atoms with Gasteiger partial charge < -0.3 is 0 Å². The normalized spacial score (nSPS) is 11.9. The quantitative estimate of drug-likeness (QED) is 0.163. The number of rotatable bonds is 1. The number of benzene rings is 1. The maximum Gasteiger partial charge on any atom is 0.417 e. The van der Waals surface area contributed by atoms with Crippen LogP contribution < -0.4 is 0 Å². The molecule has 1 aromatic carbocycles. The van der Waals surface area contributed by atoms with Gasteiger partial charge in [0.15, 0.2) is 0 Å². The van der Waals surface area contributed by atoms with Gasteiger partial charge in [0.25, 0.3) is 0 Å². The molecule has 2 rings (SSSR count). The van der Waals surface area contributed by atoms with Gasteiger partial charge in [-0.25, -0.2) is 4.98 Å². The average Bonchev–Trinajstić information content (AvgIpc) is 2.44. The monoisotopic (exact) mass is 519 g/mol. The predicted octanol–water partition coefficient (Wildman–Crippen LogP) is 7.64. The van der Waals surface area contributed by atoms with E-state index < -0.39 is 11.7 Å². The Morgan fingerprint density at radius 3 is 1.77 bits per heavy atom. The molecule has 1 nitrogen and oxygen atoms in total. The largest absolute Gasteiger partial charge is 0.417 e. The maximum absolute atomic E-state index is 12.9. The lowest BCUT2D eigenvalue weighted by molar-refractivity contribution is -0.137. The summed E-state index contributed by atoms with van der Waals surface area (Å²) in [4.78, 5) is 3.72. The van der Waals surface area contributed by atoms with Gasteiger partial charge in [-0.15, -0.1) is 0 Å². The van der Waals surface area contributed by atoms with Crippen LogP contribution in [0.2, 0.25) is 25.1 Å². The van der Waals surface area contributed by atoms with Gasteiger partial charge in [-0.2, -0.15) is 13.2 Å². The van der Waals surface area contributed by atoms with E-state index in [0.29, 0.717) is 6.20 Å². The van der Waals surface area contributed by atoms with E-state index in [9.17, 15) is 13.2 Å². The first-order valence-electron chi connectivity index (χ1n) is 5.30. The second-order valence-corrected chi connectivity index (χ2v) is 6.92. The first kappa shape index (κ1) is 18.7. The van der Waals surface area contributed by atoms with Crippen LogP contribution in [-0.4, -0.2) is 4.98 Å². The summed E-state index contributed by atoms with van der Waals surface area (Å²) in [5, 5.41) is -0.459. The molecule has 1 heterocycles. The van der Waals surface area contributed by atoms with Gasteiger partial charge in [-0.3, -0.25) is 0 Å². The zero-order chi connectivity index (χ0) is 16.8. The number of hydrogen-bond acceptors (Lipinski definition) is 1. The highest BCUT2D eigenvalue weighted by Crippen LogP contribution is 2.49. The Morgan fingerprint density at radius 1 is 0.864 bits per heavy atom. The Bertz CT molecular complexity index is 734. The van der Waals surface area contributed by atoms with Crippen molar-refractivity contribution in [3.05, 3.63) is 46.6 Å². The van der Waals surface area contributed by atoms with Crippen molar-refractivity contribution in [2.75, 3.05) is 0 Å². The average molecular weight is 521 g/mol. The van der Waals surface area contributed by atoms with Crippen LogP contribution in [0.3, 0.4) is 0 Å². The molecule has 0 saturated carbocycles. The summed E-state index contributed by atoms with van der Waals surface area (Å²) in [5.74, 6) is 0. The lowest BCUT2D eigenvalue weighted by Gasteiger charge is -2.15. The molecule has 0 amide bonds. The molecule has 0 unspecified atom stereocenters. The van der Waals surface area contributed by atoms with Crippen molar-refractivity contribution in [3.8, 4) is 11.1 Å².